The van der Waals surface area contributed by atoms with Crippen molar-refractivity contribution in [2.75, 3.05) is 26.2 Å². The quantitative estimate of drug-likeness (QED) is 0.723. The van der Waals surface area contributed by atoms with E-state index in [1.165, 1.54) is 0 Å². The third-order valence-electron chi connectivity index (χ3n) is 3.91. The molecule has 0 aromatic carbocycles. The number of aromatic nitrogens is 1. The Morgan fingerprint density at radius 1 is 1.45 bits per heavy atom. The summed E-state index contributed by atoms with van der Waals surface area (Å²) in [4.78, 5) is 29.5. The lowest BCUT2D eigenvalue weighted by Crippen LogP contribution is -2.43. The second-order valence-electron chi connectivity index (χ2n) is 5.79. The Morgan fingerprint density at radius 3 is 2.77 bits per heavy atom. The first-order valence-corrected chi connectivity index (χ1v) is 8.62. The van der Waals surface area contributed by atoms with E-state index in [-0.39, 0.29) is 17.7 Å². The zero-order chi connectivity index (χ0) is 15.9. The number of nitrogens with two attached hydrogens (primary N) is 1. The highest BCUT2D eigenvalue weighted by atomic mass is 32.1. The Bertz CT molecular complexity index is 509. The summed E-state index contributed by atoms with van der Waals surface area (Å²) in [6.45, 7) is 4.60. The number of aryl methyl sites for hydroxylation is 2. The summed E-state index contributed by atoms with van der Waals surface area (Å²) in [7, 11) is 0. The van der Waals surface area contributed by atoms with Crippen LogP contribution >= 0.6 is 11.3 Å². The molecular formula is C15H24N4O2S. The van der Waals surface area contributed by atoms with E-state index in [1.807, 2.05) is 12.3 Å². The number of thiazole rings is 1. The van der Waals surface area contributed by atoms with E-state index >= 15 is 0 Å². The first kappa shape index (κ1) is 16.9. The standard InChI is InChI=1S/C15H24N4O2S/c1-11-10-22-14(18-11)3-2-6-17-13(20)9-19-7-4-12(5-8-19)15(16)21/h10,12H,2-9H2,1H3,(H2,16,21)(H,17,20). The molecule has 0 unspecified atom stereocenters. The van der Waals surface area contributed by atoms with Gasteiger partial charge in [0.15, 0.2) is 0 Å². The lowest BCUT2D eigenvalue weighted by Gasteiger charge is -2.29. The van der Waals surface area contributed by atoms with Gasteiger partial charge < -0.3 is 11.1 Å². The molecule has 2 amide bonds. The van der Waals surface area contributed by atoms with Gasteiger partial charge in [-0.25, -0.2) is 4.98 Å². The minimum absolute atomic E-state index is 0.0268. The number of hydrogen-bond acceptors (Lipinski definition) is 5. The number of carbonyl (C=O) groups excluding carboxylic acids is 2. The second kappa shape index (κ2) is 8.24. The molecule has 1 aromatic heterocycles. The normalized spacial score (nSPS) is 16.6. The third-order valence-corrected chi connectivity index (χ3v) is 4.94. The number of nitrogens with one attached hydrogen (secondary N) is 1. The van der Waals surface area contributed by atoms with Crippen molar-refractivity contribution in [2.24, 2.45) is 11.7 Å². The van der Waals surface area contributed by atoms with Gasteiger partial charge >= 0.3 is 0 Å². The van der Waals surface area contributed by atoms with E-state index in [2.05, 4.69) is 15.2 Å². The van der Waals surface area contributed by atoms with Gasteiger partial charge in [-0.2, -0.15) is 0 Å². The predicted molar refractivity (Wildman–Crippen MR) is 86.5 cm³/mol. The zero-order valence-corrected chi connectivity index (χ0v) is 13.8. The third kappa shape index (κ3) is 5.38. The van der Waals surface area contributed by atoms with Crippen molar-refractivity contribution in [3.8, 4) is 0 Å². The Hall–Kier alpha value is -1.47. The molecular weight excluding hydrogens is 300 g/mol. The van der Waals surface area contributed by atoms with Gasteiger partial charge in [0.2, 0.25) is 11.8 Å². The monoisotopic (exact) mass is 324 g/mol. The molecule has 3 N–H and O–H groups in total. The minimum atomic E-state index is -0.221. The number of nitrogens with zero attached hydrogens (tertiary/aromatic N) is 2. The lowest BCUT2D eigenvalue weighted by molar-refractivity contribution is -0.124. The molecule has 0 atom stereocenters. The number of piperidine rings is 1. The maximum atomic E-state index is 11.9. The molecule has 1 fully saturated rings. The van der Waals surface area contributed by atoms with E-state index in [0.29, 0.717) is 13.1 Å². The summed E-state index contributed by atoms with van der Waals surface area (Å²) in [6, 6.07) is 0. The van der Waals surface area contributed by atoms with Crippen LogP contribution in [-0.4, -0.2) is 47.9 Å². The van der Waals surface area contributed by atoms with Gasteiger partial charge in [0, 0.05) is 30.0 Å². The van der Waals surface area contributed by atoms with Crippen molar-refractivity contribution in [2.45, 2.75) is 32.6 Å². The average Bonchev–Trinajstić information content (AvgIpc) is 2.90. The van der Waals surface area contributed by atoms with E-state index < -0.39 is 0 Å². The molecule has 0 aliphatic carbocycles. The van der Waals surface area contributed by atoms with Gasteiger partial charge in [-0.1, -0.05) is 0 Å². The molecule has 1 saturated heterocycles. The van der Waals surface area contributed by atoms with E-state index in [4.69, 9.17) is 5.73 Å². The fourth-order valence-corrected chi connectivity index (χ4v) is 3.44. The van der Waals surface area contributed by atoms with Crippen LogP contribution in [0, 0.1) is 12.8 Å². The van der Waals surface area contributed by atoms with E-state index in [9.17, 15) is 9.59 Å². The second-order valence-corrected chi connectivity index (χ2v) is 6.73. The predicted octanol–water partition coefficient (Wildman–Crippen LogP) is 0.698. The topological polar surface area (TPSA) is 88.3 Å². The van der Waals surface area contributed by atoms with Crippen LogP contribution in [0.3, 0.4) is 0 Å². The Morgan fingerprint density at radius 2 is 2.18 bits per heavy atom. The molecule has 0 bridgehead atoms. The summed E-state index contributed by atoms with van der Waals surface area (Å²) in [5, 5.41) is 6.12. The van der Waals surface area contributed by atoms with Crippen LogP contribution in [0.2, 0.25) is 0 Å². The molecule has 1 aromatic rings. The highest BCUT2D eigenvalue weighted by Gasteiger charge is 2.23. The Labute approximate surface area is 135 Å². The molecule has 0 radical (unpaired) electrons. The fourth-order valence-electron chi connectivity index (χ4n) is 2.62. The molecule has 2 heterocycles. The van der Waals surface area contributed by atoms with Crippen LogP contribution in [0.4, 0.5) is 0 Å². The van der Waals surface area contributed by atoms with Gasteiger partial charge in [-0.3, -0.25) is 14.5 Å². The maximum absolute atomic E-state index is 11.9. The van der Waals surface area contributed by atoms with Gasteiger partial charge in [-0.15, -0.1) is 11.3 Å². The molecule has 2 rings (SSSR count). The van der Waals surface area contributed by atoms with Crippen LogP contribution in [0.25, 0.3) is 0 Å². The number of primary amides is 1. The smallest absolute Gasteiger partial charge is 0.234 e. The highest BCUT2D eigenvalue weighted by molar-refractivity contribution is 7.09. The highest BCUT2D eigenvalue weighted by Crippen LogP contribution is 2.16. The van der Waals surface area contributed by atoms with Crippen molar-refractivity contribution >= 4 is 23.2 Å². The number of amides is 2. The van der Waals surface area contributed by atoms with Crippen LogP contribution in [0.5, 0.6) is 0 Å². The van der Waals surface area contributed by atoms with Crippen molar-refractivity contribution in [1.29, 1.82) is 0 Å². The van der Waals surface area contributed by atoms with Gasteiger partial charge in [0.1, 0.15) is 0 Å². The molecule has 7 heteroatoms. The molecule has 1 aliphatic rings. The number of rotatable bonds is 7. The van der Waals surface area contributed by atoms with Crippen molar-refractivity contribution < 1.29 is 9.59 Å². The average molecular weight is 324 g/mol. The van der Waals surface area contributed by atoms with Crippen molar-refractivity contribution in [3.05, 3.63) is 16.1 Å². The summed E-state index contributed by atoms with van der Waals surface area (Å²) in [5.41, 5.74) is 6.36. The first-order valence-electron chi connectivity index (χ1n) is 7.74. The molecule has 1 aliphatic heterocycles. The largest absolute Gasteiger partial charge is 0.369 e. The number of hydrogen-bond donors (Lipinski definition) is 2. The van der Waals surface area contributed by atoms with E-state index in [1.54, 1.807) is 11.3 Å². The molecule has 22 heavy (non-hydrogen) atoms. The zero-order valence-electron chi connectivity index (χ0n) is 13.0. The summed E-state index contributed by atoms with van der Waals surface area (Å²) < 4.78 is 0. The maximum Gasteiger partial charge on any atom is 0.234 e. The first-order chi connectivity index (χ1) is 10.5. The van der Waals surface area contributed by atoms with Gasteiger partial charge in [0.25, 0.3) is 0 Å². The fraction of sp³-hybridized carbons (Fsp3) is 0.667. The van der Waals surface area contributed by atoms with Crippen LogP contribution in [-0.2, 0) is 16.0 Å². The van der Waals surface area contributed by atoms with Crippen LogP contribution < -0.4 is 11.1 Å². The molecule has 122 valence electrons. The minimum Gasteiger partial charge on any atom is -0.369 e. The lowest BCUT2D eigenvalue weighted by atomic mass is 9.96. The van der Waals surface area contributed by atoms with Crippen molar-refractivity contribution in [3.63, 3.8) is 0 Å². The van der Waals surface area contributed by atoms with E-state index in [0.717, 1.165) is 49.5 Å². The molecule has 6 nitrogen and oxygen atoms in total. The molecule has 0 saturated carbocycles. The Kier molecular flexibility index (Phi) is 6.33. The number of carbonyl (C=O) groups is 2. The SMILES string of the molecule is Cc1csc(CCCNC(=O)CN2CCC(C(N)=O)CC2)n1. The summed E-state index contributed by atoms with van der Waals surface area (Å²) >= 11 is 1.67. The summed E-state index contributed by atoms with van der Waals surface area (Å²) in [5.74, 6) is -0.199. The van der Waals surface area contributed by atoms with Gasteiger partial charge in [0.05, 0.1) is 11.6 Å². The number of likely N-dealkylation sites (tertiary alicyclic amines) is 1. The summed E-state index contributed by atoms with van der Waals surface area (Å²) in [6.07, 6.45) is 3.32. The van der Waals surface area contributed by atoms with Gasteiger partial charge in [-0.05, 0) is 39.3 Å². The van der Waals surface area contributed by atoms with Crippen LogP contribution in [0.1, 0.15) is 30.0 Å². The Balaban J connectivity index is 1.57. The van der Waals surface area contributed by atoms with Crippen molar-refractivity contribution in [1.82, 2.24) is 15.2 Å². The van der Waals surface area contributed by atoms with Crippen LogP contribution in [0.15, 0.2) is 5.38 Å². The molecule has 0 spiro atoms.